The summed E-state index contributed by atoms with van der Waals surface area (Å²) in [6.07, 6.45) is 1.82. The average Bonchev–Trinajstić information content (AvgIpc) is 2.89. The Kier molecular flexibility index (Phi) is 6.17. The van der Waals surface area contributed by atoms with E-state index in [4.69, 9.17) is 9.47 Å². The molecule has 1 amide bonds. The molecule has 28 heavy (non-hydrogen) atoms. The maximum Gasteiger partial charge on any atom is 0.408 e. The maximum atomic E-state index is 12.7. The lowest BCUT2D eigenvalue weighted by molar-refractivity contribution is -0.157. The van der Waals surface area contributed by atoms with E-state index in [9.17, 15) is 14.4 Å². The number of amides is 1. The van der Waals surface area contributed by atoms with Crippen LogP contribution in [0.2, 0.25) is 0 Å². The number of alkyl carbamates (subject to hydrolysis) is 1. The summed E-state index contributed by atoms with van der Waals surface area (Å²) < 4.78 is 12.2. The molecule has 7 heteroatoms. The van der Waals surface area contributed by atoms with E-state index in [1.54, 1.807) is 47.7 Å². The van der Waals surface area contributed by atoms with Crippen molar-refractivity contribution in [2.45, 2.75) is 65.2 Å². The Morgan fingerprint density at radius 2 is 1.68 bits per heavy atom. The quantitative estimate of drug-likeness (QED) is 0.626. The van der Waals surface area contributed by atoms with Crippen molar-refractivity contribution in [1.29, 1.82) is 0 Å². The molecule has 2 aromatic rings. The number of hydrogen-bond donors (Lipinski definition) is 1. The third kappa shape index (κ3) is 5.84. The van der Waals surface area contributed by atoms with E-state index in [1.807, 2.05) is 24.3 Å². The summed E-state index contributed by atoms with van der Waals surface area (Å²) in [4.78, 5) is 36.3. The van der Waals surface area contributed by atoms with Crippen molar-refractivity contribution in [3.63, 3.8) is 0 Å². The minimum atomic E-state index is -0.958. The van der Waals surface area contributed by atoms with Crippen molar-refractivity contribution in [2.24, 2.45) is 0 Å². The molecule has 0 radical (unpaired) electrons. The second-order valence-corrected chi connectivity index (χ2v) is 8.62. The summed E-state index contributed by atoms with van der Waals surface area (Å²) in [6.45, 7) is 10.5. The average molecular weight is 388 g/mol. The Labute approximate surface area is 165 Å². The number of nitrogens with zero attached hydrogens (tertiary/aromatic N) is 1. The summed E-state index contributed by atoms with van der Waals surface area (Å²) >= 11 is 0. The van der Waals surface area contributed by atoms with Crippen molar-refractivity contribution in [1.82, 2.24) is 9.88 Å². The second kappa shape index (κ2) is 8.04. The number of carbonyl (C=O) groups is 3. The Morgan fingerprint density at radius 1 is 1.07 bits per heavy atom. The highest BCUT2D eigenvalue weighted by Crippen LogP contribution is 2.22. The van der Waals surface area contributed by atoms with Crippen molar-refractivity contribution in [3.05, 3.63) is 36.0 Å². The van der Waals surface area contributed by atoms with E-state index in [-0.39, 0.29) is 6.42 Å². The number of ether oxygens (including phenoxy) is 2. The van der Waals surface area contributed by atoms with Crippen molar-refractivity contribution >= 4 is 29.4 Å². The van der Waals surface area contributed by atoms with Crippen LogP contribution < -0.4 is 5.32 Å². The Balaban J connectivity index is 2.33. The SMILES string of the molecule is CC(C)(C)OC(=O)N[C@@H](Cc1cn(C=O)c2ccccc12)C(=O)OC(C)(C)C. The molecular formula is C21H28N2O5. The van der Waals surface area contributed by atoms with E-state index in [0.717, 1.165) is 16.5 Å². The fraction of sp³-hybridized carbons (Fsp3) is 0.476. The number of para-hydroxylation sites is 1. The summed E-state index contributed by atoms with van der Waals surface area (Å²) in [5, 5.41) is 3.43. The maximum absolute atomic E-state index is 12.7. The number of hydrogen-bond acceptors (Lipinski definition) is 5. The molecule has 0 aliphatic rings. The highest BCUT2D eigenvalue weighted by atomic mass is 16.6. The third-order valence-corrected chi connectivity index (χ3v) is 3.74. The van der Waals surface area contributed by atoms with E-state index < -0.39 is 29.3 Å². The highest BCUT2D eigenvalue weighted by Gasteiger charge is 2.29. The van der Waals surface area contributed by atoms with Crippen LogP contribution in [0.25, 0.3) is 10.9 Å². The molecule has 1 atom stereocenters. The molecule has 0 aliphatic heterocycles. The van der Waals surface area contributed by atoms with Gasteiger partial charge in [0, 0.05) is 18.0 Å². The topological polar surface area (TPSA) is 86.6 Å². The number of fused-ring (bicyclic) bond motifs is 1. The van der Waals surface area contributed by atoms with E-state index in [1.165, 1.54) is 4.57 Å². The number of benzene rings is 1. The van der Waals surface area contributed by atoms with Crippen LogP contribution in [0, 0.1) is 0 Å². The lowest BCUT2D eigenvalue weighted by Gasteiger charge is -2.26. The van der Waals surface area contributed by atoms with Gasteiger partial charge < -0.3 is 14.8 Å². The molecule has 0 fully saturated rings. The van der Waals surface area contributed by atoms with Gasteiger partial charge in [-0.3, -0.25) is 9.36 Å². The monoisotopic (exact) mass is 388 g/mol. The van der Waals surface area contributed by atoms with Gasteiger partial charge >= 0.3 is 12.1 Å². The smallest absolute Gasteiger partial charge is 0.408 e. The zero-order valence-electron chi connectivity index (χ0n) is 17.2. The van der Waals surface area contributed by atoms with Gasteiger partial charge in [-0.2, -0.15) is 0 Å². The van der Waals surface area contributed by atoms with E-state index in [2.05, 4.69) is 5.32 Å². The molecule has 0 saturated heterocycles. The van der Waals surface area contributed by atoms with Crippen LogP contribution in [0.3, 0.4) is 0 Å². The number of rotatable bonds is 5. The number of carbonyl (C=O) groups excluding carboxylic acids is 3. The first kappa shape index (κ1) is 21.5. The molecule has 2 rings (SSSR count). The molecule has 0 bridgehead atoms. The van der Waals surface area contributed by atoms with Crippen molar-refractivity contribution in [3.8, 4) is 0 Å². The van der Waals surface area contributed by atoms with Gasteiger partial charge in [-0.15, -0.1) is 0 Å². The molecular weight excluding hydrogens is 360 g/mol. The molecule has 1 aromatic heterocycles. The van der Waals surface area contributed by atoms with Gasteiger partial charge in [-0.1, -0.05) is 18.2 Å². The second-order valence-electron chi connectivity index (χ2n) is 8.62. The molecule has 0 spiro atoms. The lowest BCUT2D eigenvalue weighted by Crippen LogP contribution is -2.47. The largest absolute Gasteiger partial charge is 0.458 e. The van der Waals surface area contributed by atoms with Gasteiger partial charge in [0.1, 0.15) is 17.2 Å². The Bertz CT molecular complexity index is 871. The number of aromatic nitrogens is 1. The molecule has 152 valence electrons. The summed E-state index contributed by atoms with van der Waals surface area (Å²) in [5.74, 6) is -0.568. The third-order valence-electron chi connectivity index (χ3n) is 3.74. The zero-order valence-corrected chi connectivity index (χ0v) is 17.2. The van der Waals surface area contributed by atoms with Gasteiger partial charge in [0.2, 0.25) is 6.41 Å². The highest BCUT2D eigenvalue weighted by molar-refractivity contribution is 5.90. The van der Waals surface area contributed by atoms with Crippen LogP contribution in [-0.2, 0) is 25.5 Å². The first-order valence-electron chi connectivity index (χ1n) is 9.16. The number of esters is 1. The van der Waals surface area contributed by atoms with Crippen LogP contribution in [0.1, 0.15) is 47.1 Å². The van der Waals surface area contributed by atoms with Crippen LogP contribution in [0.15, 0.2) is 30.5 Å². The van der Waals surface area contributed by atoms with Crippen LogP contribution >= 0.6 is 0 Å². The Hall–Kier alpha value is -2.83. The first-order valence-corrected chi connectivity index (χ1v) is 9.16. The van der Waals surface area contributed by atoms with Gasteiger partial charge in [0.15, 0.2) is 0 Å². The molecule has 1 N–H and O–H groups in total. The number of nitrogens with one attached hydrogen (secondary N) is 1. The van der Waals surface area contributed by atoms with Gasteiger partial charge in [0.25, 0.3) is 0 Å². The van der Waals surface area contributed by atoms with E-state index in [0.29, 0.717) is 6.41 Å². The molecule has 0 aliphatic carbocycles. The summed E-state index contributed by atoms with van der Waals surface area (Å²) in [7, 11) is 0. The fourth-order valence-corrected chi connectivity index (χ4v) is 2.76. The fourth-order valence-electron chi connectivity index (χ4n) is 2.76. The molecule has 0 unspecified atom stereocenters. The van der Waals surface area contributed by atoms with Crippen LogP contribution in [0.5, 0.6) is 0 Å². The summed E-state index contributed by atoms with van der Waals surface area (Å²) in [6, 6.07) is 6.41. The Morgan fingerprint density at radius 3 is 2.25 bits per heavy atom. The molecule has 1 heterocycles. The normalized spacial score (nSPS) is 13.1. The minimum Gasteiger partial charge on any atom is -0.458 e. The molecule has 0 saturated carbocycles. The lowest BCUT2D eigenvalue weighted by atomic mass is 10.0. The molecule has 7 nitrogen and oxygen atoms in total. The predicted molar refractivity (Wildman–Crippen MR) is 107 cm³/mol. The molecule has 1 aromatic carbocycles. The van der Waals surface area contributed by atoms with Gasteiger partial charge in [-0.05, 0) is 53.2 Å². The summed E-state index contributed by atoms with van der Waals surface area (Å²) in [5.41, 5.74) is 0.0695. The predicted octanol–water partition coefficient (Wildman–Crippen LogP) is 3.46. The van der Waals surface area contributed by atoms with Crippen molar-refractivity contribution < 1.29 is 23.9 Å². The van der Waals surface area contributed by atoms with E-state index >= 15 is 0 Å². The van der Waals surface area contributed by atoms with Crippen LogP contribution in [0.4, 0.5) is 4.79 Å². The zero-order chi connectivity index (χ0) is 21.1. The standard InChI is InChI=1S/C21H28N2O5/c1-20(2,3)27-18(25)16(22-19(26)28-21(4,5)6)11-14-12-23(13-24)17-10-8-7-9-15(14)17/h7-10,12-13,16H,11H2,1-6H3,(H,22,26)/t16-/m0/s1. The van der Waals surface area contributed by atoms with Crippen LogP contribution in [-0.4, -0.2) is 40.3 Å². The van der Waals surface area contributed by atoms with Gasteiger partial charge in [-0.25, -0.2) is 9.59 Å². The van der Waals surface area contributed by atoms with Crippen molar-refractivity contribution in [2.75, 3.05) is 0 Å². The van der Waals surface area contributed by atoms with Gasteiger partial charge in [0.05, 0.1) is 5.52 Å². The first-order chi connectivity index (χ1) is 12.9. The minimum absolute atomic E-state index is 0.162.